The largest absolute Gasteiger partial charge is 0.394 e. The van der Waals surface area contributed by atoms with Crippen LogP contribution in [0.3, 0.4) is 0 Å². The van der Waals surface area contributed by atoms with Gasteiger partial charge in [0.1, 0.15) is 24.4 Å². The first kappa shape index (κ1) is 46.2. The maximum atomic E-state index is 12.9. The van der Waals surface area contributed by atoms with E-state index >= 15 is 0 Å². The minimum absolute atomic E-state index is 0.132. The number of aliphatic hydroxyl groups is 5. The Bertz CT molecular complexity index is 741. The standard InChI is InChI=1S/C40H79NO8/c1-3-5-7-9-11-13-15-17-18-20-22-24-26-28-30-36(44)41-33(32-48-40-39(47)38(46)37(45)35(31-42)49-40)34(43)29-27-25-23-21-19-16-14-12-10-8-6-4-2/h33-35,37-40,42-43,45-47H,3-32H2,1-2H3,(H,41,44)/t33-,34+,35+,37-,38?,39?,40+/m0/s1. The highest BCUT2D eigenvalue weighted by atomic mass is 16.7. The number of carbonyl (C=O) groups excluding carboxylic acids is 1. The number of hydrogen-bond acceptors (Lipinski definition) is 8. The number of ether oxygens (including phenoxy) is 2. The van der Waals surface area contributed by atoms with E-state index in [1.807, 2.05) is 0 Å². The molecule has 0 spiro atoms. The van der Waals surface area contributed by atoms with Crippen LogP contribution in [-0.4, -0.2) is 87.5 Å². The van der Waals surface area contributed by atoms with Crippen LogP contribution in [0.2, 0.25) is 0 Å². The fraction of sp³-hybridized carbons (Fsp3) is 0.975. The van der Waals surface area contributed by atoms with Gasteiger partial charge in [0.25, 0.3) is 0 Å². The molecule has 0 radical (unpaired) electrons. The number of nitrogens with one attached hydrogen (secondary N) is 1. The van der Waals surface area contributed by atoms with Crippen LogP contribution in [0.25, 0.3) is 0 Å². The molecule has 0 aromatic carbocycles. The second kappa shape index (κ2) is 31.9. The Hall–Kier alpha value is -0.810. The van der Waals surface area contributed by atoms with Crippen LogP contribution in [0.5, 0.6) is 0 Å². The van der Waals surface area contributed by atoms with E-state index in [1.54, 1.807) is 0 Å². The van der Waals surface area contributed by atoms with Crippen LogP contribution in [-0.2, 0) is 14.3 Å². The molecule has 0 saturated carbocycles. The topological polar surface area (TPSA) is 149 Å². The SMILES string of the molecule is CCCCCCCCCCCCCCCCC(=O)N[C@@H](CO[C@@H]1O[C@H](CO)[C@H](O)C(O)C1O)[C@H](O)CCCCCCCCCCCCCC. The molecule has 1 rings (SSSR count). The molecule has 1 aliphatic rings. The van der Waals surface area contributed by atoms with Crippen molar-refractivity contribution < 1.29 is 39.8 Å². The Kier molecular flexibility index (Phi) is 30.1. The molecule has 49 heavy (non-hydrogen) atoms. The number of aliphatic hydroxyl groups excluding tert-OH is 5. The van der Waals surface area contributed by atoms with Crippen LogP contribution in [0, 0.1) is 0 Å². The lowest BCUT2D eigenvalue weighted by Gasteiger charge is -2.40. The lowest BCUT2D eigenvalue weighted by atomic mass is 9.99. The molecule has 0 aliphatic carbocycles. The van der Waals surface area contributed by atoms with Crippen LogP contribution in [0.4, 0.5) is 0 Å². The van der Waals surface area contributed by atoms with Crippen LogP contribution in [0.1, 0.15) is 194 Å². The van der Waals surface area contributed by atoms with E-state index in [0.717, 1.165) is 38.5 Å². The zero-order chi connectivity index (χ0) is 36.0. The molecule has 7 atom stereocenters. The molecule has 0 aromatic heterocycles. The van der Waals surface area contributed by atoms with Gasteiger partial charge >= 0.3 is 0 Å². The fourth-order valence-electron chi connectivity index (χ4n) is 6.81. The Labute approximate surface area is 300 Å². The average molecular weight is 702 g/mol. The molecule has 1 saturated heterocycles. The first-order valence-electron chi connectivity index (χ1n) is 20.7. The van der Waals surface area contributed by atoms with Crippen LogP contribution < -0.4 is 5.32 Å². The van der Waals surface area contributed by atoms with Crippen molar-refractivity contribution in [2.24, 2.45) is 0 Å². The van der Waals surface area contributed by atoms with Crippen molar-refractivity contribution in [1.82, 2.24) is 5.32 Å². The maximum absolute atomic E-state index is 12.9. The molecule has 2 unspecified atom stereocenters. The predicted octanol–water partition coefficient (Wildman–Crippen LogP) is 7.61. The molecule has 1 amide bonds. The van der Waals surface area contributed by atoms with Gasteiger partial charge in [-0.25, -0.2) is 0 Å². The normalized spacial score (nSPS) is 22.3. The van der Waals surface area contributed by atoms with Gasteiger partial charge in [-0.1, -0.05) is 174 Å². The molecular weight excluding hydrogens is 622 g/mol. The van der Waals surface area contributed by atoms with E-state index in [2.05, 4.69) is 19.2 Å². The lowest BCUT2D eigenvalue weighted by molar-refractivity contribution is -0.302. The third-order valence-corrected chi connectivity index (χ3v) is 10.2. The third kappa shape index (κ3) is 23.4. The molecule has 1 aliphatic heterocycles. The van der Waals surface area contributed by atoms with Gasteiger partial charge in [0.05, 0.1) is 25.4 Å². The molecule has 0 aromatic rings. The molecule has 6 N–H and O–H groups in total. The summed E-state index contributed by atoms with van der Waals surface area (Å²) in [5.74, 6) is -0.143. The van der Waals surface area contributed by atoms with Crippen LogP contribution in [0.15, 0.2) is 0 Å². The summed E-state index contributed by atoms with van der Waals surface area (Å²) in [7, 11) is 0. The van der Waals surface area contributed by atoms with E-state index in [9.17, 15) is 30.3 Å². The smallest absolute Gasteiger partial charge is 0.220 e. The van der Waals surface area contributed by atoms with Gasteiger partial charge in [-0.3, -0.25) is 4.79 Å². The summed E-state index contributed by atoms with van der Waals surface area (Å²) in [6.45, 7) is 3.82. The minimum atomic E-state index is -1.55. The molecule has 1 heterocycles. The number of unbranched alkanes of at least 4 members (excludes halogenated alkanes) is 24. The zero-order valence-corrected chi connectivity index (χ0v) is 31.7. The fourth-order valence-corrected chi connectivity index (χ4v) is 6.81. The van der Waals surface area contributed by atoms with E-state index in [-0.39, 0.29) is 12.5 Å². The van der Waals surface area contributed by atoms with Gasteiger partial charge < -0.3 is 40.3 Å². The first-order chi connectivity index (χ1) is 23.8. The van der Waals surface area contributed by atoms with Gasteiger partial charge in [-0.05, 0) is 12.8 Å². The second-order valence-corrected chi connectivity index (χ2v) is 14.8. The van der Waals surface area contributed by atoms with Crippen molar-refractivity contribution in [3.8, 4) is 0 Å². The van der Waals surface area contributed by atoms with Gasteiger partial charge in [0, 0.05) is 6.42 Å². The summed E-state index contributed by atoms with van der Waals surface area (Å²) in [4.78, 5) is 12.9. The molecular formula is C40H79NO8. The highest BCUT2D eigenvalue weighted by molar-refractivity contribution is 5.76. The predicted molar refractivity (Wildman–Crippen MR) is 198 cm³/mol. The molecule has 9 heteroatoms. The van der Waals surface area contributed by atoms with Gasteiger partial charge in [-0.2, -0.15) is 0 Å². The number of hydrogen-bond donors (Lipinski definition) is 6. The summed E-state index contributed by atoms with van der Waals surface area (Å²) < 4.78 is 11.2. The highest BCUT2D eigenvalue weighted by Gasteiger charge is 2.44. The molecule has 292 valence electrons. The van der Waals surface area contributed by atoms with Crippen molar-refractivity contribution in [2.75, 3.05) is 13.2 Å². The molecule has 9 nitrogen and oxygen atoms in total. The van der Waals surface area contributed by atoms with Crippen molar-refractivity contribution in [2.45, 2.75) is 236 Å². The summed E-state index contributed by atoms with van der Waals surface area (Å²) in [6, 6.07) is -0.709. The summed E-state index contributed by atoms with van der Waals surface area (Å²) in [5, 5.41) is 54.1. The maximum Gasteiger partial charge on any atom is 0.220 e. The van der Waals surface area contributed by atoms with Crippen molar-refractivity contribution in [3.63, 3.8) is 0 Å². The summed E-state index contributed by atoms with van der Waals surface area (Å²) in [5.41, 5.74) is 0. The first-order valence-corrected chi connectivity index (χ1v) is 20.7. The van der Waals surface area contributed by atoms with Gasteiger partial charge in [0.2, 0.25) is 5.91 Å². The number of rotatable bonds is 34. The number of amides is 1. The number of carbonyl (C=O) groups is 1. The third-order valence-electron chi connectivity index (χ3n) is 10.2. The van der Waals surface area contributed by atoms with Crippen molar-refractivity contribution in [3.05, 3.63) is 0 Å². The monoisotopic (exact) mass is 702 g/mol. The average Bonchev–Trinajstić information content (AvgIpc) is 3.10. The summed E-state index contributed by atoms with van der Waals surface area (Å²) in [6.07, 6.45) is 25.3. The van der Waals surface area contributed by atoms with Crippen molar-refractivity contribution in [1.29, 1.82) is 0 Å². The van der Waals surface area contributed by atoms with E-state index in [0.29, 0.717) is 12.8 Å². The zero-order valence-electron chi connectivity index (χ0n) is 31.7. The Morgan fingerprint density at radius 1 is 0.612 bits per heavy atom. The highest BCUT2D eigenvalue weighted by Crippen LogP contribution is 2.23. The molecule has 1 fully saturated rings. The second-order valence-electron chi connectivity index (χ2n) is 14.8. The Morgan fingerprint density at radius 2 is 1.02 bits per heavy atom. The Balaban J connectivity index is 2.38. The van der Waals surface area contributed by atoms with E-state index < -0.39 is 49.5 Å². The Morgan fingerprint density at radius 3 is 1.45 bits per heavy atom. The molecule has 0 bridgehead atoms. The minimum Gasteiger partial charge on any atom is -0.394 e. The van der Waals surface area contributed by atoms with E-state index in [1.165, 1.54) is 128 Å². The summed E-state index contributed by atoms with van der Waals surface area (Å²) >= 11 is 0. The van der Waals surface area contributed by atoms with Gasteiger partial charge in [-0.15, -0.1) is 0 Å². The van der Waals surface area contributed by atoms with Crippen molar-refractivity contribution >= 4 is 5.91 Å². The van der Waals surface area contributed by atoms with E-state index in [4.69, 9.17) is 9.47 Å². The quantitative estimate of drug-likeness (QED) is 0.0376. The van der Waals surface area contributed by atoms with Gasteiger partial charge in [0.15, 0.2) is 6.29 Å². The lowest BCUT2D eigenvalue weighted by Crippen LogP contribution is -2.60. The van der Waals surface area contributed by atoms with Crippen LogP contribution >= 0.6 is 0 Å².